The molecule has 3 heteroatoms. The van der Waals surface area contributed by atoms with Gasteiger partial charge in [0.25, 0.3) is 0 Å². The van der Waals surface area contributed by atoms with Crippen molar-refractivity contribution in [3.63, 3.8) is 0 Å². The summed E-state index contributed by atoms with van der Waals surface area (Å²) in [7, 11) is 3.89. The van der Waals surface area contributed by atoms with Gasteiger partial charge in [0.15, 0.2) is 0 Å². The molecule has 0 radical (unpaired) electrons. The molecule has 0 aliphatic heterocycles. The van der Waals surface area contributed by atoms with Gasteiger partial charge in [-0.1, -0.05) is 32.4 Å². The number of benzene rings is 1. The second-order valence-corrected chi connectivity index (χ2v) is 5.09. The first-order valence-corrected chi connectivity index (χ1v) is 7.24. The molecule has 0 heterocycles. The Balaban J connectivity index is 2.45. The summed E-state index contributed by atoms with van der Waals surface area (Å²) in [6.45, 7) is 7.53. The molecule has 1 rings (SSSR count). The van der Waals surface area contributed by atoms with Crippen molar-refractivity contribution >= 4 is 0 Å². The first-order valence-electron chi connectivity index (χ1n) is 7.24. The minimum Gasteiger partial charge on any atom is -0.497 e. The highest BCUT2D eigenvalue weighted by Gasteiger charge is 2.09. The first-order chi connectivity index (χ1) is 9.19. The quantitative estimate of drug-likeness (QED) is 0.742. The fraction of sp³-hybridized carbons (Fsp3) is 0.625. The molecule has 0 spiro atoms. The third-order valence-electron chi connectivity index (χ3n) is 3.27. The van der Waals surface area contributed by atoms with E-state index in [1.54, 1.807) is 7.11 Å². The van der Waals surface area contributed by atoms with Gasteiger partial charge in [0.05, 0.1) is 7.11 Å². The van der Waals surface area contributed by atoms with Crippen LogP contribution in [0.1, 0.15) is 32.3 Å². The number of hydrogen-bond donors (Lipinski definition) is 1. The van der Waals surface area contributed by atoms with Crippen LogP contribution in [0.2, 0.25) is 0 Å². The Morgan fingerprint density at radius 1 is 1.21 bits per heavy atom. The van der Waals surface area contributed by atoms with E-state index < -0.39 is 0 Å². The summed E-state index contributed by atoms with van der Waals surface area (Å²) in [5.41, 5.74) is 1.33. The number of likely N-dealkylation sites (N-methyl/N-ethyl adjacent to an activating group) is 2. The van der Waals surface area contributed by atoms with E-state index in [2.05, 4.69) is 43.2 Å². The molecule has 0 amide bonds. The molecule has 3 nitrogen and oxygen atoms in total. The Kier molecular flexibility index (Phi) is 7.53. The summed E-state index contributed by atoms with van der Waals surface area (Å²) in [4.78, 5) is 2.38. The van der Waals surface area contributed by atoms with Gasteiger partial charge >= 0.3 is 0 Å². The van der Waals surface area contributed by atoms with E-state index in [4.69, 9.17) is 4.74 Å². The fourth-order valence-electron chi connectivity index (χ4n) is 2.38. The number of ether oxygens (including phenoxy) is 1. The van der Waals surface area contributed by atoms with Gasteiger partial charge in [-0.05, 0) is 37.7 Å². The summed E-state index contributed by atoms with van der Waals surface area (Å²) in [5.74, 6) is 0.919. The van der Waals surface area contributed by atoms with Crippen LogP contribution in [0.3, 0.4) is 0 Å². The normalized spacial score (nSPS) is 12.7. The van der Waals surface area contributed by atoms with Gasteiger partial charge in [-0.2, -0.15) is 0 Å². The SMILES string of the molecule is CCCC(CN(C)Cc1ccc(OC)cc1)NCC. The number of methoxy groups -OCH3 is 1. The number of nitrogens with one attached hydrogen (secondary N) is 1. The van der Waals surface area contributed by atoms with Gasteiger partial charge in [0, 0.05) is 19.1 Å². The Morgan fingerprint density at radius 2 is 1.89 bits per heavy atom. The van der Waals surface area contributed by atoms with E-state index in [9.17, 15) is 0 Å². The van der Waals surface area contributed by atoms with Crippen molar-refractivity contribution in [2.45, 2.75) is 39.3 Å². The van der Waals surface area contributed by atoms with Crippen LogP contribution in [0, 0.1) is 0 Å². The van der Waals surface area contributed by atoms with E-state index in [1.165, 1.54) is 18.4 Å². The Morgan fingerprint density at radius 3 is 2.42 bits per heavy atom. The highest BCUT2D eigenvalue weighted by Crippen LogP contribution is 2.13. The monoisotopic (exact) mass is 264 g/mol. The molecular formula is C16H28N2O. The van der Waals surface area contributed by atoms with E-state index >= 15 is 0 Å². The molecule has 1 atom stereocenters. The van der Waals surface area contributed by atoms with Crippen molar-refractivity contribution in [2.75, 3.05) is 27.2 Å². The Hall–Kier alpha value is -1.06. The van der Waals surface area contributed by atoms with Crippen LogP contribution in [0.25, 0.3) is 0 Å². The smallest absolute Gasteiger partial charge is 0.118 e. The summed E-state index contributed by atoms with van der Waals surface area (Å²) in [6, 6.07) is 8.92. The van der Waals surface area contributed by atoms with Crippen LogP contribution >= 0.6 is 0 Å². The fourth-order valence-corrected chi connectivity index (χ4v) is 2.38. The van der Waals surface area contributed by atoms with E-state index in [-0.39, 0.29) is 0 Å². The molecule has 19 heavy (non-hydrogen) atoms. The van der Waals surface area contributed by atoms with Gasteiger partial charge in [0.2, 0.25) is 0 Å². The zero-order valence-electron chi connectivity index (χ0n) is 12.8. The summed E-state index contributed by atoms with van der Waals surface area (Å²) >= 11 is 0. The summed E-state index contributed by atoms with van der Waals surface area (Å²) in [6.07, 6.45) is 2.47. The van der Waals surface area contributed by atoms with E-state index in [1.807, 2.05) is 12.1 Å². The average molecular weight is 264 g/mol. The lowest BCUT2D eigenvalue weighted by Gasteiger charge is -2.24. The lowest BCUT2D eigenvalue weighted by molar-refractivity contribution is 0.275. The summed E-state index contributed by atoms with van der Waals surface area (Å²) < 4.78 is 5.18. The predicted octanol–water partition coefficient (Wildman–Crippen LogP) is 2.91. The predicted molar refractivity (Wildman–Crippen MR) is 81.7 cm³/mol. The number of nitrogens with zero attached hydrogens (tertiary/aromatic N) is 1. The standard InChI is InChI=1S/C16H28N2O/c1-5-7-15(17-6-2)13-18(3)12-14-8-10-16(19-4)11-9-14/h8-11,15,17H,5-7,12-13H2,1-4H3. The molecule has 1 unspecified atom stereocenters. The molecule has 1 N–H and O–H groups in total. The lowest BCUT2D eigenvalue weighted by Crippen LogP contribution is -2.39. The summed E-state index contributed by atoms with van der Waals surface area (Å²) in [5, 5.41) is 3.56. The van der Waals surface area contributed by atoms with Gasteiger partial charge in [0.1, 0.15) is 5.75 Å². The first kappa shape index (κ1) is 16.0. The Labute approximate surface area is 118 Å². The van der Waals surface area contributed by atoms with Crippen LogP contribution in [0.15, 0.2) is 24.3 Å². The molecular weight excluding hydrogens is 236 g/mol. The molecule has 0 aromatic heterocycles. The molecule has 1 aromatic carbocycles. The minimum absolute atomic E-state index is 0.596. The van der Waals surface area contributed by atoms with Crippen molar-refractivity contribution in [2.24, 2.45) is 0 Å². The van der Waals surface area contributed by atoms with Crippen LogP contribution < -0.4 is 10.1 Å². The zero-order valence-corrected chi connectivity index (χ0v) is 12.8. The van der Waals surface area contributed by atoms with Crippen LogP contribution in [-0.4, -0.2) is 38.2 Å². The molecule has 0 bridgehead atoms. The molecule has 0 fully saturated rings. The van der Waals surface area contributed by atoms with Crippen molar-refractivity contribution in [1.82, 2.24) is 10.2 Å². The molecule has 0 saturated heterocycles. The second kappa shape index (κ2) is 8.94. The molecule has 0 aliphatic rings. The average Bonchev–Trinajstić information content (AvgIpc) is 2.40. The van der Waals surface area contributed by atoms with Gasteiger partial charge in [-0.3, -0.25) is 0 Å². The highest BCUT2D eigenvalue weighted by atomic mass is 16.5. The highest BCUT2D eigenvalue weighted by molar-refractivity contribution is 5.27. The van der Waals surface area contributed by atoms with Crippen molar-refractivity contribution in [1.29, 1.82) is 0 Å². The number of rotatable bonds is 9. The van der Waals surface area contributed by atoms with Crippen LogP contribution in [-0.2, 0) is 6.54 Å². The van der Waals surface area contributed by atoms with E-state index in [0.29, 0.717) is 6.04 Å². The van der Waals surface area contributed by atoms with Crippen molar-refractivity contribution in [3.05, 3.63) is 29.8 Å². The molecule has 0 saturated carbocycles. The molecule has 108 valence electrons. The number of hydrogen-bond acceptors (Lipinski definition) is 3. The Bertz CT molecular complexity index is 331. The van der Waals surface area contributed by atoms with Gasteiger partial charge in [-0.25, -0.2) is 0 Å². The topological polar surface area (TPSA) is 24.5 Å². The third kappa shape index (κ3) is 6.08. The van der Waals surface area contributed by atoms with Gasteiger partial charge < -0.3 is 15.0 Å². The minimum atomic E-state index is 0.596. The van der Waals surface area contributed by atoms with Crippen molar-refractivity contribution in [3.8, 4) is 5.75 Å². The zero-order chi connectivity index (χ0) is 14.1. The van der Waals surface area contributed by atoms with Crippen LogP contribution in [0.5, 0.6) is 5.75 Å². The molecule has 0 aliphatic carbocycles. The lowest BCUT2D eigenvalue weighted by atomic mass is 10.1. The largest absolute Gasteiger partial charge is 0.497 e. The van der Waals surface area contributed by atoms with Crippen molar-refractivity contribution < 1.29 is 4.74 Å². The second-order valence-electron chi connectivity index (χ2n) is 5.09. The maximum Gasteiger partial charge on any atom is 0.118 e. The molecule has 1 aromatic rings. The maximum absolute atomic E-state index is 5.18. The van der Waals surface area contributed by atoms with Crippen LogP contribution in [0.4, 0.5) is 0 Å². The third-order valence-corrected chi connectivity index (χ3v) is 3.27. The van der Waals surface area contributed by atoms with E-state index in [0.717, 1.165) is 25.4 Å². The maximum atomic E-state index is 5.18. The van der Waals surface area contributed by atoms with Gasteiger partial charge in [-0.15, -0.1) is 0 Å².